The molecule has 5 heteroatoms. The number of hydrogen-bond donors (Lipinski definition) is 0. The molecular formula is C26H31FN2O2. The number of nitrogens with zero attached hydrogens (tertiary/aromatic N) is 2. The number of aromatic nitrogens is 1. The smallest absolute Gasteiger partial charge is 0.337 e. The van der Waals surface area contributed by atoms with Crippen LogP contribution in [0.5, 0.6) is 0 Å². The molecular weight excluding hydrogens is 391 g/mol. The molecule has 0 aliphatic rings. The molecule has 0 amide bonds. The number of carbonyl (C=O) groups is 1. The summed E-state index contributed by atoms with van der Waals surface area (Å²) >= 11 is 0. The molecule has 4 nitrogen and oxygen atoms in total. The van der Waals surface area contributed by atoms with E-state index in [0.717, 1.165) is 24.2 Å². The average Bonchev–Trinajstić information content (AvgIpc) is 3.20. The molecule has 0 saturated carbocycles. The molecule has 0 aliphatic carbocycles. The van der Waals surface area contributed by atoms with Gasteiger partial charge in [0, 0.05) is 37.6 Å². The van der Waals surface area contributed by atoms with Crippen molar-refractivity contribution in [1.82, 2.24) is 9.47 Å². The average molecular weight is 423 g/mol. The van der Waals surface area contributed by atoms with Crippen molar-refractivity contribution < 1.29 is 13.9 Å². The molecule has 1 aromatic heterocycles. The summed E-state index contributed by atoms with van der Waals surface area (Å²) in [5.41, 5.74) is 3.99. The first-order valence-electron chi connectivity index (χ1n) is 10.7. The van der Waals surface area contributed by atoms with E-state index in [1.807, 2.05) is 36.4 Å². The van der Waals surface area contributed by atoms with Crippen LogP contribution in [0, 0.1) is 11.7 Å². The summed E-state index contributed by atoms with van der Waals surface area (Å²) in [5.74, 6) is -0.0425. The molecule has 3 aromatic rings. The lowest BCUT2D eigenvalue weighted by atomic mass is 10.0. The molecule has 3 rings (SSSR count). The Kier molecular flexibility index (Phi) is 7.64. The van der Waals surface area contributed by atoms with Crippen LogP contribution < -0.4 is 0 Å². The Balaban J connectivity index is 1.77. The monoisotopic (exact) mass is 422 g/mol. The van der Waals surface area contributed by atoms with Gasteiger partial charge in [0.1, 0.15) is 5.82 Å². The number of carbonyl (C=O) groups excluding carboxylic acids is 1. The zero-order valence-electron chi connectivity index (χ0n) is 18.7. The van der Waals surface area contributed by atoms with Crippen molar-refractivity contribution >= 4 is 5.97 Å². The van der Waals surface area contributed by atoms with Crippen LogP contribution in [-0.2, 0) is 24.4 Å². The van der Waals surface area contributed by atoms with Crippen molar-refractivity contribution in [3.63, 3.8) is 0 Å². The molecule has 0 N–H and O–H groups in total. The molecule has 0 spiro atoms. The van der Waals surface area contributed by atoms with Crippen LogP contribution in [0.25, 0.3) is 0 Å². The molecule has 0 unspecified atom stereocenters. The van der Waals surface area contributed by atoms with Crippen molar-refractivity contribution in [2.75, 3.05) is 7.11 Å². The van der Waals surface area contributed by atoms with Gasteiger partial charge >= 0.3 is 5.97 Å². The van der Waals surface area contributed by atoms with Gasteiger partial charge in [-0.2, -0.15) is 0 Å². The third-order valence-electron chi connectivity index (χ3n) is 5.86. The lowest BCUT2D eigenvalue weighted by molar-refractivity contribution is 0.0600. The minimum atomic E-state index is -0.322. The van der Waals surface area contributed by atoms with Crippen LogP contribution in [0.15, 0.2) is 66.9 Å². The number of benzene rings is 2. The highest BCUT2D eigenvalue weighted by Crippen LogP contribution is 2.20. The minimum absolute atomic E-state index is 0.216. The Morgan fingerprint density at radius 1 is 0.968 bits per heavy atom. The summed E-state index contributed by atoms with van der Waals surface area (Å²) in [7, 11) is 1.39. The zero-order valence-corrected chi connectivity index (χ0v) is 18.7. The first-order valence-corrected chi connectivity index (χ1v) is 10.7. The van der Waals surface area contributed by atoms with Gasteiger partial charge in [0.25, 0.3) is 0 Å². The Morgan fingerprint density at radius 2 is 1.61 bits per heavy atom. The fraction of sp³-hybridized carbons (Fsp3) is 0.346. The van der Waals surface area contributed by atoms with E-state index < -0.39 is 0 Å². The highest BCUT2D eigenvalue weighted by atomic mass is 19.1. The third kappa shape index (κ3) is 6.05. The maximum Gasteiger partial charge on any atom is 0.337 e. The second-order valence-electron chi connectivity index (χ2n) is 8.33. The van der Waals surface area contributed by atoms with E-state index in [4.69, 9.17) is 4.74 Å². The van der Waals surface area contributed by atoms with E-state index in [2.05, 4.69) is 48.6 Å². The van der Waals surface area contributed by atoms with Gasteiger partial charge in [0.15, 0.2) is 0 Å². The second-order valence-corrected chi connectivity index (χ2v) is 8.33. The number of hydrogen-bond acceptors (Lipinski definition) is 3. The van der Waals surface area contributed by atoms with Crippen LogP contribution in [-0.4, -0.2) is 28.6 Å². The predicted octanol–water partition coefficient (Wildman–Crippen LogP) is 5.51. The summed E-state index contributed by atoms with van der Waals surface area (Å²) in [6.07, 6.45) is 2.07. The number of esters is 1. The van der Waals surface area contributed by atoms with Gasteiger partial charge in [0.2, 0.25) is 0 Å². The lowest BCUT2D eigenvalue weighted by Crippen LogP contribution is -2.36. The molecule has 1 heterocycles. The zero-order chi connectivity index (χ0) is 22.4. The minimum Gasteiger partial charge on any atom is -0.465 e. The topological polar surface area (TPSA) is 34.5 Å². The van der Waals surface area contributed by atoms with Gasteiger partial charge < -0.3 is 9.30 Å². The molecule has 31 heavy (non-hydrogen) atoms. The third-order valence-corrected chi connectivity index (χ3v) is 5.86. The first-order chi connectivity index (χ1) is 14.9. The highest BCUT2D eigenvalue weighted by Gasteiger charge is 2.19. The number of ether oxygens (including phenoxy) is 1. The molecule has 1 atom stereocenters. The van der Waals surface area contributed by atoms with Crippen molar-refractivity contribution in [2.45, 2.75) is 46.4 Å². The summed E-state index contributed by atoms with van der Waals surface area (Å²) < 4.78 is 20.2. The molecule has 0 saturated heterocycles. The predicted molar refractivity (Wildman–Crippen MR) is 121 cm³/mol. The number of methoxy groups -OCH3 is 1. The van der Waals surface area contributed by atoms with Crippen molar-refractivity contribution in [2.24, 2.45) is 5.92 Å². The maximum absolute atomic E-state index is 13.2. The van der Waals surface area contributed by atoms with Gasteiger partial charge in [-0.15, -0.1) is 0 Å². The number of rotatable bonds is 9. The van der Waals surface area contributed by atoms with E-state index in [0.29, 0.717) is 24.1 Å². The Labute approximate surface area is 184 Å². The molecule has 0 bridgehead atoms. The maximum atomic E-state index is 13.2. The fourth-order valence-electron chi connectivity index (χ4n) is 3.61. The van der Waals surface area contributed by atoms with Crippen molar-refractivity contribution in [3.05, 3.63) is 95.1 Å². The van der Waals surface area contributed by atoms with Crippen LogP contribution in [0.4, 0.5) is 4.39 Å². The van der Waals surface area contributed by atoms with E-state index in [-0.39, 0.29) is 11.8 Å². The largest absolute Gasteiger partial charge is 0.465 e. The van der Waals surface area contributed by atoms with Gasteiger partial charge in [-0.25, -0.2) is 9.18 Å². The second kappa shape index (κ2) is 10.4. The van der Waals surface area contributed by atoms with Crippen molar-refractivity contribution in [1.29, 1.82) is 0 Å². The Morgan fingerprint density at radius 3 is 2.23 bits per heavy atom. The lowest BCUT2D eigenvalue weighted by Gasteiger charge is -2.32. The van der Waals surface area contributed by atoms with E-state index in [1.165, 1.54) is 24.9 Å². The van der Waals surface area contributed by atoms with E-state index in [9.17, 15) is 9.18 Å². The quantitative estimate of drug-likeness (QED) is 0.427. The molecule has 164 valence electrons. The van der Waals surface area contributed by atoms with Crippen LogP contribution in [0.1, 0.15) is 48.0 Å². The summed E-state index contributed by atoms with van der Waals surface area (Å²) in [4.78, 5) is 14.2. The fourth-order valence-corrected chi connectivity index (χ4v) is 3.61. The molecule has 0 aliphatic heterocycles. The van der Waals surface area contributed by atoms with Crippen LogP contribution >= 0.6 is 0 Å². The van der Waals surface area contributed by atoms with E-state index >= 15 is 0 Å². The van der Waals surface area contributed by atoms with Crippen LogP contribution in [0.3, 0.4) is 0 Å². The highest BCUT2D eigenvalue weighted by molar-refractivity contribution is 5.89. The first kappa shape index (κ1) is 22.8. The van der Waals surface area contributed by atoms with Crippen molar-refractivity contribution in [3.8, 4) is 0 Å². The summed E-state index contributed by atoms with van der Waals surface area (Å²) in [5, 5.41) is 0. The number of halogens is 1. The molecule has 0 radical (unpaired) electrons. The van der Waals surface area contributed by atoms with Crippen LogP contribution in [0.2, 0.25) is 0 Å². The SMILES string of the molecule is COC(=O)c1ccc(CN(Cc2cccn2Cc2ccc(F)cc2)[C@@H](C)C(C)C)cc1. The Bertz CT molecular complexity index is 977. The normalized spacial score (nSPS) is 12.4. The summed E-state index contributed by atoms with van der Waals surface area (Å²) in [6, 6.07) is 18.8. The van der Waals surface area contributed by atoms with Gasteiger partial charge in [-0.05, 0) is 60.4 Å². The standard InChI is InChI=1S/C26H31FN2O2/c1-19(2)20(3)29(17-21-7-11-23(12-8-21)26(30)31-4)18-25-6-5-15-28(25)16-22-9-13-24(27)14-10-22/h5-15,19-20H,16-18H2,1-4H3/t20-/m0/s1. The molecule has 2 aromatic carbocycles. The molecule has 0 fully saturated rings. The van der Waals surface area contributed by atoms with E-state index in [1.54, 1.807) is 0 Å². The van der Waals surface area contributed by atoms with Gasteiger partial charge in [-0.1, -0.05) is 38.1 Å². The van der Waals surface area contributed by atoms with Gasteiger partial charge in [-0.3, -0.25) is 4.90 Å². The van der Waals surface area contributed by atoms with Gasteiger partial charge in [0.05, 0.1) is 12.7 Å². The summed E-state index contributed by atoms with van der Waals surface area (Å²) in [6.45, 7) is 9.00. The Hall–Kier alpha value is -2.92.